The number of ether oxygens (including phenoxy) is 1. The minimum Gasteiger partial charge on any atom is -0.618 e. The summed E-state index contributed by atoms with van der Waals surface area (Å²) >= 11 is 6.04. The van der Waals surface area contributed by atoms with E-state index >= 15 is 4.39 Å². The molecule has 4 heterocycles. The van der Waals surface area contributed by atoms with E-state index in [1.807, 2.05) is 0 Å². The summed E-state index contributed by atoms with van der Waals surface area (Å²) < 4.78 is 62.8. The Labute approximate surface area is 245 Å². The molecule has 0 fully saturated rings. The number of amides is 1. The van der Waals surface area contributed by atoms with Crippen LogP contribution in [-0.2, 0) is 10.9 Å². The zero-order chi connectivity index (χ0) is 30.9. The average Bonchev–Trinajstić information content (AvgIpc) is 3.70. The van der Waals surface area contributed by atoms with Gasteiger partial charge in [-0.25, -0.2) is 9.18 Å². The predicted molar refractivity (Wildman–Crippen MR) is 142 cm³/mol. The van der Waals surface area contributed by atoms with Gasteiger partial charge in [0.2, 0.25) is 5.69 Å². The lowest BCUT2D eigenvalue weighted by Gasteiger charge is -2.23. The molecule has 0 aliphatic heterocycles. The molecule has 4 aromatic heterocycles. The molecule has 0 saturated carbocycles. The monoisotopic (exact) mass is 617 g/mol. The number of hydrogen-bond acceptors (Lipinski definition) is 8. The Morgan fingerprint density at radius 3 is 2.65 bits per heavy atom. The average molecular weight is 618 g/mol. The topological polar surface area (TPSA) is 131 Å². The molecule has 5 rings (SSSR count). The van der Waals surface area contributed by atoms with Crippen molar-refractivity contribution in [2.75, 3.05) is 20.7 Å². The number of aromatic nitrogens is 8. The number of carbonyl (C=O) groups is 1. The molecule has 12 nitrogen and oxygen atoms in total. The first-order chi connectivity index (χ1) is 20.5. The van der Waals surface area contributed by atoms with Gasteiger partial charge in [-0.3, -0.25) is 9.67 Å². The maximum atomic E-state index is 15.3. The molecule has 0 saturated heterocycles. The van der Waals surface area contributed by atoms with Gasteiger partial charge in [0, 0.05) is 31.1 Å². The molecule has 5 aromatic rings. The van der Waals surface area contributed by atoms with Crippen molar-refractivity contribution in [1.82, 2.24) is 39.9 Å². The maximum Gasteiger partial charge on any atom is 0.433 e. The van der Waals surface area contributed by atoms with Gasteiger partial charge < -0.3 is 14.8 Å². The largest absolute Gasteiger partial charge is 0.618 e. The summed E-state index contributed by atoms with van der Waals surface area (Å²) in [4.78, 5) is 16.8. The van der Waals surface area contributed by atoms with Crippen molar-refractivity contribution in [1.29, 1.82) is 0 Å². The third-order valence-corrected chi connectivity index (χ3v) is 6.77. The number of hydrogen-bond donors (Lipinski definition) is 0. The molecule has 1 amide bonds. The molecule has 0 unspecified atom stereocenters. The van der Waals surface area contributed by atoms with Crippen LogP contribution < -0.4 is 4.73 Å². The van der Waals surface area contributed by atoms with Crippen molar-refractivity contribution >= 4 is 17.7 Å². The molecule has 222 valence electrons. The number of alkyl halides is 3. The highest BCUT2D eigenvalue weighted by molar-refractivity contribution is 6.31. The second-order valence-corrected chi connectivity index (χ2v) is 9.59. The summed E-state index contributed by atoms with van der Waals surface area (Å²) in [7, 11) is 2.62. The lowest BCUT2D eigenvalue weighted by Crippen LogP contribution is -2.41. The van der Waals surface area contributed by atoms with Crippen molar-refractivity contribution in [2.24, 2.45) is 0 Å². The minimum atomic E-state index is -4.65. The van der Waals surface area contributed by atoms with Crippen LogP contribution in [0.15, 0.2) is 67.5 Å². The Balaban J connectivity index is 1.57. The Hall–Kier alpha value is -5.12. The fraction of sp³-hybridized carbons (Fsp3) is 0.192. The highest BCUT2D eigenvalue weighted by Gasteiger charge is 2.33. The van der Waals surface area contributed by atoms with E-state index in [0.717, 1.165) is 18.5 Å². The molecular formula is C26H20ClF4N9O3. The van der Waals surface area contributed by atoms with Crippen LogP contribution >= 0.6 is 11.6 Å². The summed E-state index contributed by atoms with van der Waals surface area (Å²) in [6.45, 7) is -0.124. The summed E-state index contributed by atoms with van der Waals surface area (Å²) in [5, 5.41) is 28.5. The summed E-state index contributed by atoms with van der Waals surface area (Å²) in [5.74, 6) is -0.809. The van der Waals surface area contributed by atoms with E-state index in [4.69, 9.17) is 16.3 Å². The number of tetrazole rings is 1. The molecule has 0 radical (unpaired) electrons. The zero-order valence-corrected chi connectivity index (χ0v) is 23.0. The molecule has 0 bridgehead atoms. The van der Waals surface area contributed by atoms with Gasteiger partial charge in [0.1, 0.15) is 12.0 Å². The van der Waals surface area contributed by atoms with Crippen LogP contribution in [0.2, 0.25) is 5.02 Å². The highest BCUT2D eigenvalue weighted by Crippen LogP contribution is 2.34. The van der Waals surface area contributed by atoms with Crippen molar-refractivity contribution in [3.05, 3.63) is 94.9 Å². The normalized spacial score (nSPS) is 12.3. The summed E-state index contributed by atoms with van der Waals surface area (Å²) in [5.41, 5.74) is -0.201. The van der Waals surface area contributed by atoms with Crippen molar-refractivity contribution in [3.8, 4) is 27.9 Å². The van der Waals surface area contributed by atoms with Crippen molar-refractivity contribution in [2.45, 2.75) is 12.2 Å². The second kappa shape index (κ2) is 11.6. The van der Waals surface area contributed by atoms with E-state index < -0.39 is 29.8 Å². The first-order valence-electron chi connectivity index (χ1n) is 12.3. The minimum absolute atomic E-state index is 0.0429. The van der Waals surface area contributed by atoms with Gasteiger partial charge in [0.05, 0.1) is 41.7 Å². The van der Waals surface area contributed by atoms with E-state index in [1.54, 1.807) is 0 Å². The Morgan fingerprint density at radius 2 is 1.98 bits per heavy atom. The number of pyridine rings is 2. The lowest BCUT2D eigenvalue weighted by atomic mass is 10.0. The standard InChI is InChI=1S/C26H20ClF4N9O3/c1-37(25(41)43-2)13-21(38-11-17(10-34-38)15-7-8-32-22(9-15)26(29,30)31)19-5-3-16(12-40(19)42)23-20(39-14-33-35-36-39)6-4-18(27)24(23)28/h3-12,14,21H,13H2,1-2H3/t21-/m1/s1. The van der Waals surface area contributed by atoms with E-state index in [9.17, 15) is 23.2 Å². The fourth-order valence-electron chi connectivity index (χ4n) is 4.40. The first-order valence-corrected chi connectivity index (χ1v) is 12.7. The smallest absolute Gasteiger partial charge is 0.433 e. The lowest BCUT2D eigenvalue weighted by molar-refractivity contribution is -0.615. The molecule has 0 aliphatic carbocycles. The third kappa shape index (κ3) is 5.94. The van der Waals surface area contributed by atoms with E-state index in [1.165, 1.54) is 77.5 Å². The first kappa shape index (κ1) is 29.4. The van der Waals surface area contributed by atoms with Gasteiger partial charge in [-0.15, -0.1) is 5.10 Å². The quantitative estimate of drug-likeness (QED) is 0.150. The van der Waals surface area contributed by atoms with Gasteiger partial charge in [-0.05, 0) is 46.3 Å². The number of rotatable bonds is 7. The molecule has 0 N–H and O–H groups in total. The van der Waals surface area contributed by atoms with Crippen LogP contribution in [-0.4, -0.2) is 66.7 Å². The van der Waals surface area contributed by atoms with E-state index in [2.05, 4.69) is 25.6 Å². The number of halogens is 5. The second-order valence-electron chi connectivity index (χ2n) is 9.18. The maximum absolute atomic E-state index is 15.3. The van der Waals surface area contributed by atoms with Gasteiger partial charge in [0.15, 0.2) is 18.1 Å². The highest BCUT2D eigenvalue weighted by atomic mass is 35.5. The molecule has 43 heavy (non-hydrogen) atoms. The number of likely N-dealkylation sites (N-methyl/N-ethyl adjacent to an activating group) is 1. The number of methoxy groups -OCH3 is 1. The van der Waals surface area contributed by atoms with E-state index in [0.29, 0.717) is 10.3 Å². The number of nitrogens with zero attached hydrogens (tertiary/aromatic N) is 9. The van der Waals surface area contributed by atoms with Crippen molar-refractivity contribution < 1.29 is 31.8 Å². The zero-order valence-electron chi connectivity index (χ0n) is 22.3. The molecule has 1 atom stereocenters. The fourth-order valence-corrected chi connectivity index (χ4v) is 4.56. The predicted octanol–water partition coefficient (Wildman–Crippen LogP) is 4.32. The van der Waals surface area contributed by atoms with Crippen LogP contribution in [0.25, 0.3) is 27.9 Å². The molecule has 0 aliphatic rings. The SMILES string of the molecule is COC(=O)N(C)C[C@H](c1ccc(-c2c(-n3cnnn3)ccc(Cl)c2F)c[n+]1[O-])n1cc(-c2ccnc(C(F)(F)F)c2)cn1. The molecule has 1 aromatic carbocycles. The molecule has 0 spiro atoms. The van der Waals surface area contributed by atoms with Crippen LogP contribution in [0.3, 0.4) is 0 Å². The number of benzene rings is 1. The van der Waals surface area contributed by atoms with Crippen molar-refractivity contribution in [3.63, 3.8) is 0 Å². The van der Waals surface area contributed by atoms with Gasteiger partial charge in [-0.1, -0.05) is 11.6 Å². The van der Waals surface area contributed by atoms with Gasteiger partial charge >= 0.3 is 12.3 Å². The van der Waals surface area contributed by atoms with Gasteiger partial charge in [-0.2, -0.15) is 27.7 Å². The van der Waals surface area contributed by atoms with Crippen LogP contribution in [0.1, 0.15) is 17.4 Å². The van der Waals surface area contributed by atoms with E-state index in [-0.39, 0.29) is 39.6 Å². The van der Waals surface area contributed by atoms with Crippen LogP contribution in [0, 0.1) is 11.0 Å². The molecule has 17 heteroatoms. The van der Waals surface area contributed by atoms with Gasteiger partial charge in [0.25, 0.3) is 0 Å². The molecular weight excluding hydrogens is 598 g/mol. The Kier molecular flexibility index (Phi) is 7.95. The van der Waals surface area contributed by atoms with Crippen LogP contribution in [0.5, 0.6) is 0 Å². The van der Waals surface area contributed by atoms with Crippen LogP contribution in [0.4, 0.5) is 22.4 Å². The third-order valence-electron chi connectivity index (χ3n) is 6.48. The Bertz CT molecular complexity index is 1780. The Morgan fingerprint density at radius 1 is 1.19 bits per heavy atom. The summed E-state index contributed by atoms with van der Waals surface area (Å²) in [6, 6.07) is 7.01. The number of carbonyl (C=O) groups excluding carboxylic acids is 1. The summed E-state index contributed by atoms with van der Waals surface area (Å²) in [6.07, 6.45) is 0.797.